The van der Waals surface area contributed by atoms with Gasteiger partial charge < -0.3 is 5.01 Å². The van der Waals surface area contributed by atoms with E-state index in [1.165, 1.54) is 5.56 Å². The molecule has 2 rings (SSSR count). The van der Waals surface area contributed by atoms with Crippen molar-refractivity contribution >= 4 is 12.3 Å². The van der Waals surface area contributed by atoms with Crippen LogP contribution in [0.5, 0.6) is 0 Å². The molecule has 5 nitrogen and oxygen atoms in total. The number of benzene rings is 1. The van der Waals surface area contributed by atoms with Crippen molar-refractivity contribution < 1.29 is 0 Å². The third kappa shape index (κ3) is 4.30. The highest BCUT2D eigenvalue weighted by Gasteiger charge is 2.07. The molecule has 0 unspecified atom stereocenters. The lowest BCUT2D eigenvalue weighted by molar-refractivity contribution is 0.440. The highest BCUT2D eigenvalue weighted by atomic mass is 15.4. The third-order valence-corrected chi connectivity index (χ3v) is 3.33. The van der Waals surface area contributed by atoms with Crippen molar-refractivity contribution in [2.45, 2.75) is 19.8 Å². The minimum atomic E-state index is 0.491. The maximum absolute atomic E-state index is 9.26. The van der Waals surface area contributed by atoms with Crippen molar-refractivity contribution in [2.24, 2.45) is 5.10 Å². The molecule has 5 heteroatoms. The molecule has 0 saturated heterocycles. The highest BCUT2D eigenvalue weighted by molar-refractivity contribution is 5.78. The van der Waals surface area contributed by atoms with Gasteiger partial charge in [-0.1, -0.05) is 26.0 Å². The van der Waals surface area contributed by atoms with E-state index < -0.39 is 0 Å². The fourth-order valence-electron chi connectivity index (χ4n) is 2.05. The van der Waals surface area contributed by atoms with Gasteiger partial charge in [-0.25, -0.2) is 4.68 Å². The Bertz CT molecular complexity index is 743. The van der Waals surface area contributed by atoms with Crippen LogP contribution >= 0.6 is 0 Å². The number of nitriles is 1. The van der Waals surface area contributed by atoms with Gasteiger partial charge in [-0.3, -0.25) is 0 Å². The van der Waals surface area contributed by atoms with Gasteiger partial charge >= 0.3 is 0 Å². The molecule has 0 amide bonds. The second kappa shape index (κ2) is 7.41. The molecule has 0 spiro atoms. The molecule has 0 N–H and O–H groups in total. The summed E-state index contributed by atoms with van der Waals surface area (Å²) < 4.78 is 1.73. The van der Waals surface area contributed by atoms with E-state index in [9.17, 15) is 5.26 Å². The summed E-state index contributed by atoms with van der Waals surface area (Å²) >= 11 is 0. The van der Waals surface area contributed by atoms with E-state index in [1.54, 1.807) is 34.3 Å². The number of hydrogen-bond donors (Lipinski definition) is 0. The van der Waals surface area contributed by atoms with E-state index in [4.69, 9.17) is 0 Å². The van der Waals surface area contributed by atoms with Gasteiger partial charge in [0, 0.05) is 26.5 Å². The third-order valence-electron chi connectivity index (χ3n) is 3.33. The molecular weight excluding hydrogens is 286 g/mol. The topological polar surface area (TPSA) is 57.2 Å². The normalized spacial score (nSPS) is 11.5. The van der Waals surface area contributed by atoms with Gasteiger partial charge in [-0.15, -0.1) is 0 Å². The second-order valence-electron chi connectivity index (χ2n) is 5.70. The van der Waals surface area contributed by atoms with Gasteiger partial charge in [0.05, 0.1) is 11.3 Å². The van der Waals surface area contributed by atoms with Crippen molar-refractivity contribution in [1.82, 2.24) is 14.8 Å². The molecule has 0 atom stereocenters. The summed E-state index contributed by atoms with van der Waals surface area (Å²) in [4.78, 5) is 0. The fourth-order valence-corrected chi connectivity index (χ4v) is 2.05. The van der Waals surface area contributed by atoms with E-state index in [-0.39, 0.29) is 0 Å². The number of allylic oxidation sites excluding steroid dienone is 1. The van der Waals surface area contributed by atoms with E-state index in [2.05, 4.69) is 42.2 Å². The van der Waals surface area contributed by atoms with Crippen LogP contribution in [0.3, 0.4) is 0 Å². The number of hydrazone groups is 1. The highest BCUT2D eigenvalue weighted by Crippen LogP contribution is 2.18. The van der Waals surface area contributed by atoms with Crippen LogP contribution in [0, 0.1) is 11.3 Å². The molecule has 0 aliphatic rings. The molecule has 1 aromatic carbocycles. The number of hydrogen-bond acceptors (Lipinski definition) is 4. The van der Waals surface area contributed by atoms with Crippen LogP contribution in [-0.4, -0.2) is 35.1 Å². The van der Waals surface area contributed by atoms with Crippen LogP contribution < -0.4 is 0 Å². The molecule has 0 aliphatic carbocycles. The maximum Gasteiger partial charge on any atom is 0.103 e. The van der Waals surface area contributed by atoms with Crippen molar-refractivity contribution in [1.29, 1.82) is 5.26 Å². The average Bonchev–Trinajstić information content (AvgIpc) is 2.94. The first-order valence-electron chi connectivity index (χ1n) is 7.49. The Hall–Kier alpha value is -2.87. The molecule has 2 aromatic rings. The van der Waals surface area contributed by atoms with E-state index in [1.807, 2.05) is 26.2 Å². The molecule has 23 heavy (non-hydrogen) atoms. The van der Waals surface area contributed by atoms with E-state index in [0.717, 1.165) is 5.69 Å². The first-order chi connectivity index (χ1) is 11.0. The first kappa shape index (κ1) is 16.5. The number of aromatic nitrogens is 2. The van der Waals surface area contributed by atoms with Gasteiger partial charge in [0.1, 0.15) is 11.8 Å². The Balaban J connectivity index is 2.26. The largest absolute Gasteiger partial charge is 0.303 e. The summed E-state index contributed by atoms with van der Waals surface area (Å²) in [5.74, 6) is 0.491. The minimum Gasteiger partial charge on any atom is -0.303 e. The molecule has 0 fully saturated rings. The zero-order valence-electron chi connectivity index (χ0n) is 13.9. The second-order valence-corrected chi connectivity index (χ2v) is 5.70. The summed E-state index contributed by atoms with van der Waals surface area (Å²) in [7, 11) is 3.70. The number of nitrogens with zero attached hydrogens (tertiary/aromatic N) is 5. The summed E-state index contributed by atoms with van der Waals surface area (Å²) in [5.41, 5.74) is 3.38. The van der Waals surface area contributed by atoms with Gasteiger partial charge in [0.25, 0.3) is 0 Å². The van der Waals surface area contributed by atoms with Crippen molar-refractivity contribution in [3.8, 4) is 11.8 Å². The molecule has 0 radical (unpaired) electrons. The Morgan fingerprint density at radius 1 is 1.26 bits per heavy atom. The van der Waals surface area contributed by atoms with Crippen LogP contribution in [0.25, 0.3) is 11.8 Å². The predicted molar refractivity (Wildman–Crippen MR) is 93.6 cm³/mol. The standard InChI is InChI=1S/C18H21N5/c1-14(2)15-7-9-17(10-8-15)23-13-16(12-19)18(21-23)6-5-11-20-22(3)4/h5-11,13-14H,1-4H3/b6-5+,20-11+. The zero-order valence-corrected chi connectivity index (χ0v) is 13.9. The SMILES string of the molecule is CC(C)c1ccc(-n2cc(C#N)c(/C=C/C=N/N(C)C)n2)cc1. The monoisotopic (exact) mass is 307 g/mol. The fraction of sp³-hybridized carbons (Fsp3) is 0.278. The van der Waals surface area contributed by atoms with Gasteiger partial charge in [0.2, 0.25) is 0 Å². The smallest absolute Gasteiger partial charge is 0.103 e. The Kier molecular flexibility index (Phi) is 5.32. The lowest BCUT2D eigenvalue weighted by Gasteiger charge is -2.06. The van der Waals surface area contributed by atoms with Crippen LogP contribution in [0.1, 0.15) is 36.6 Å². The first-order valence-corrected chi connectivity index (χ1v) is 7.49. The van der Waals surface area contributed by atoms with Crippen molar-refractivity contribution in [2.75, 3.05) is 14.1 Å². The summed E-state index contributed by atoms with van der Waals surface area (Å²) in [6.07, 6.45) is 6.96. The lowest BCUT2D eigenvalue weighted by atomic mass is 10.0. The van der Waals surface area contributed by atoms with E-state index in [0.29, 0.717) is 17.2 Å². The van der Waals surface area contributed by atoms with Crippen molar-refractivity contribution in [3.63, 3.8) is 0 Å². The Morgan fingerprint density at radius 3 is 2.52 bits per heavy atom. The molecule has 0 bridgehead atoms. The molecule has 1 heterocycles. The molecule has 118 valence electrons. The summed E-state index contributed by atoms with van der Waals surface area (Å²) in [6.45, 7) is 4.32. The van der Waals surface area contributed by atoms with E-state index >= 15 is 0 Å². The molecule has 0 saturated carbocycles. The molecular formula is C18H21N5. The Labute approximate surface area is 137 Å². The predicted octanol–water partition coefficient (Wildman–Crippen LogP) is 3.43. The van der Waals surface area contributed by atoms with Gasteiger partial charge in [-0.2, -0.15) is 15.5 Å². The zero-order chi connectivity index (χ0) is 16.8. The molecule has 1 aromatic heterocycles. The van der Waals surface area contributed by atoms with Crippen molar-refractivity contribution in [3.05, 3.63) is 53.4 Å². The quantitative estimate of drug-likeness (QED) is 0.628. The summed E-state index contributed by atoms with van der Waals surface area (Å²) in [5, 5.41) is 19.5. The van der Waals surface area contributed by atoms with Gasteiger partial charge in [0.15, 0.2) is 0 Å². The van der Waals surface area contributed by atoms with Gasteiger partial charge in [-0.05, 0) is 35.8 Å². The number of rotatable bonds is 5. The average molecular weight is 307 g/mol. The van der Waals surface area contributed by atoms with Crippen LogP contribution in [0.4, 0.5) is 0 Å². The van der Waals surface area contributed by atoms with Crippen LogP contribution in [-0.2, 0) is 0 Å². The maximum atomic E-state index is 9.26. The summed E-state index contributed by atoms with van der Waals surface area (Å²) in [6, 6.07) is 10.4. The van der Waals surface area contributed by atoms with Crippen LogP contribution in [0.15, 0.2) is 41.6 Å². The Morgan fingerprint density at radius 2 is 1.96 bits per heavy atom. The minimum absolute atomic E-state index is 0.491. The van der Waals surface area contributed by atoms with Crippen LogP contribution in [0.2, 0.25) is 0 Å². The molecule has 0 aliphatic heterocycles. The lowest BCUT2D eigenvalue weighted by Crippen LogP contribution is -2.00.